The van der Waals surface area contributed by atoms with E-state index in [2.05, 4.69) is 0 Å². The van der Waals surface area contributed by atoms with Crippen molar-refractivity contribution in [3.8, 4) is 0 Å². The fraction of sp³-hybridized carbons (Fsp3) is 0.417. The van der Waals surface area contributed by atoms with Crippen molar-refractivity contribution in [3.05, 3.63) is 35.1 Å². The number of rotatable bonds is 4. The zero-order chi connectivity index (χ0) is 11.4. The van der Waals surface area contributed by atoms with E-state index in [1.54, 1.807) is 19.9 Å². The zero-order valence-corrected chi connectivity index (χ0v) is 9.09. The molecule has 0 aliphatic rings. The summed E-state index contributed by atoms with van der Waals surface area (Å²) in [6, 6.07) is 4.36. The number of Topliss-reactive ketones (excluding diaryl/α,β-unsaturated/α-hetero) is 1. The molecule has 2 nitrogen and oxygen atoms in total. The van der Waals surface area contributed by atoms with Crippen molar-refractivity contribution in [1.29, 1.82) is 0 Å². The Morgan fingerprint density at radius 3 is 2.73 bits per heavy atom. The van der Waals surface area contributed by atoms with Crippen LogP contribution in [-0.4, -0.2) is 11.8 Å². The van der Waals surface area contributed by atoms with Crippen molar-refractivity contribution in [2.75, 3.05) is 0 Å². The summed E-state index contributed by atoms with van der Waals surface area (Å²) in [5, 5.41) is 0. The number of halogens is 1. The summed E-state index contributed by atoms with van der Waals surface area (Å²) in [4.78, 5) is 11.5. The molecule has 0 aliphatic carbocycles. The third-order valence-corrected chi connectivity index (χ3v) is 2.24. The topological polar surface area (TPSA) is 43.1 Å². The number of nitrogens with two attached hydrogens (primary N) is 1. The van der Waals surface area contributed by atoms with Crippen LogP contribution < -0.4 is 5.73 Å². The number of hydrogen-bond acceptors (Lipinski definition) is 2. The number of aryl methyl sites for hydroxylation is 1. The second-order valence-electron chi connectivity index (χ2n) is 3.97. The molecule has 0 spiro atoms. The maximum Gasteiger partial charge on any atom is 0.138 e. The molecule has 82 valence electrons. The van der Waals surface area contributed by atoms with Gasteiger partial charge in [0, 0.05) is 18.9 Å². The van der Waals surface area contributed by atoms with E-state index in [0.29, 0.717) is 12.8 Å². The number of hydrogen-bond donors (Lipinski definition) is 1. The zero-order valence-electron chi connectivity index (χ0n) is 9.09. The van der Waals surface area contributed by atoms with E-state index in [0.717, 1.165) is 11.1 Å². The van der Waals surface area contributed by atoms with Gasteiger partial charge in [0.1, 0.15) is 11.6 Å². The predicted molar refractivity (Wildman–Crippen MR) is 58.1 cm³/mol. The minimum atomic E-state index is -0.268. The molecule has 0 saturated heterocycles. The van der Waals surface area contributed by atoms with E-state index in [4.69, 9.17) is 5.73 Å². The van der Waals surface area contributed by atoms with Crippen molar-refractivity contribution in [1.82, 2.24) is 0 Å². The summed E-state index contributed by atoms with van der Waals surface area (Å²) in [5.41, 5.74) is 7.22. The lowest BCUT2D eigenvalue weighted by Crippen LogP contribution is -2.20. The molecule has 0 bridgehead atoms. The third kappa shape index (κ3) is 3.80. The van der Waals surface area contributed by atoms with E-state index in [1.165, 1.54) is 12.1 Å². The maximum absolute atomic E-state index is 12.8. The highest BCUT2D eigenvalue weighted by Gasteiger charge is 2.08. The van der Waals surface area contributed by atoms with Gasteiger partial charge in [-0.3, -0.25) is 4.79 Å². The Balaban J connectivity index is 2.68. The molecule has 2 N–H and O–H groups in total. The number of carbonyl (C=O) groups excluding carboxylic acids is 1. The number of carbonyl (C=O) groups is 1. The minimum absolute atomic E-state index is 0.0970. The summed E-state index contributed by atoms with van der Waals surface area (Å²) in [5.74, 6) is -0.171. The molecule has 0 radical (unpaired) electrons. The second-order valence-corrected chi connectivity index (χ2v) is 3.97. The average Bonchev–Trinajstić information content (AvgIpc) is 2.08. The first kappa shape index (κ1) is 11.9. The normalized spacial score (nSPS) is 12.5. The van der Waals surface area contributed by atoms with Crippen molar-refractivity contribution >= 4 is 5.78 Å². The molecule has 3 heteroatoms. The van der Waals surface area contributed by atoms with Gasteiger partial charge in [-0.2, -0.15) is 0 Å². The molecule has 15 heavy (non-hydrogen) atoms. The Bertz CT molecular complexity index is 361. The quantitative estimate of drug-likeness (QED) is 0.824. The van der Waals surface area contributed by atoms with E-state index in [1.807, 2.05) is 0 Å². The van der Waals surface area contributed by atoms with Crippen LogP contribution in [0.3, 0.4) is 0 Å². The van der Waals surface area contributed by atoms with Crippen LogP contribution in [0.25, 0.3) is 0 Å². The number of benzene rings is 1. The van der Waals surface area contributed by atoms with Gasteiger partial charge in [0.05, 0.1) is 0 Å². The van der Waals surface area contributed by atoms with Crippen LogP contribution in [0, 0.1) is 12.7 Å². The lowest BCUT2D eigenvalue weighted by atomic mass is 10.0. The molecule has 0 fully saturated rings. The third-order valence-electron chi connectivity index (χ3n) is 2.24. The molecule has 0 heterocycles. The fourth-order valence-corrected chi connectivity index (χ4v) is 1.50. The van der Waals surface area contributed by atoms with Gasteiger partial charge in [0.15, 0.2) is 0 Å². The summed E-state index contributed by atoms with van der Waals surface area (Å²) in [6.07, 6.45) is 0.713. The van der Waals surface area contributed by atoms with Gasteiger partial charge in [-0.25, -0.2) is 4.39 Å². The van der Waals surface area contributed by atoms with E-state index in [9.17, 15) is 9.18 Å². The summed E-state index contributed by atoms with van der Waals surface area (Å²) < 4.78 is 12.8. The van der Waals surface area contributed by atoms with E-state index < -0.39 is 0 Å². The van der Waals surface area contributed by atoms with Crippen molar-refractivity contribution in [2.24, 2.45) is 5.73 Å². The van der Waals surface area contributed by atoms with Crippen LogP contribution in [-0.2, 0) is 11.2 Å². The smallest absolute Gasteiger partial charge is 0.138 e. The molecule has 1 rings (SSSR count). The average molecular weight is 209 g/mol. The first-order chi connectivity index (χ1) is 6.99. The van der Waals surface area contributed by atoms with Gasteiger partial charge >= 0.3 is 0 Å². The van der Waals surface area contributed by atoms with Crippen LogP contribution in [0.4, 0.5) is 4.39 Å². The van der Waals surface area contributed by atoms with Crippen LogP contribution in [0.2, 0.25) is 0 Å². The molecule has 1 aromatic carbocycles. The summed E-state index contributed by atoms with van der Waals surface area (Å²) in [6.45, 7) is 3.60. The maximum atomic E-state index is 12.8. The first-order valence-corrected chi connectivity index (χ1v) is 5.01. The highest BCUT2D eigenvalue weighted by Crippen LogP contribution is 2.11. The van der Waals surface area contributed by atoms with Crippen LogP contribution >= 0.6 is 0 Å². The monoisotopic (exact) mass is 209 g/mol. The van der Waals surface area contributed by atoms with Gasteiger partial charge in [-0.05, 0) is 37.1 Å². The highest BCUT2D eigenvalue weighted by atomic mass is 19.1. The Morgan fingerprint density at radius 2 is 2.20 bits per heavy atom. The molecule has 0 saturated carbocycles. The Hall–Kier alpha value is -1.22. The number of ketones is 1. The summed E-state index contributed by atoms with van der Waals surface area (Å²) >= 11 is 0. The van der Waals surface area contributed by atoms with Crippen molar-refractivity contribution < 1.29 is 9.18 Å². The van der Waals surface area contributed by atoms with Crippen LogP contribution in [0.1, 0.15) is 24.5 Å². The lowest BCUT2D eigenvalue weighted by molar-refractivity contribution is -0.118. The molecule has 0 aliphatic heterocycles. The Kier molecular flexibility index (Phi) is 3.97. The molecular formula is C12H16FNO. The standard InChI is InChI=1S/C12H16FNO/c1-8-5-11(13)4-3-10(8)7-12(15)6-9(2)14/h3-5,9H,6-7,14H2,1-2H3. The fourth-order valence-electron chi connectivity index (χ4n) is 1.50. The van der Waals surface area contributed by atoms with Gasteiger partial charge in [-0.1, -0.05) is 6.07 Å². The molecule has 0 amide bonds. The SMILES string of the molecule is Cc1cc(F)ccc1CC(=O)CC(C)N. The first-order valence-electron chi connectivity index (χ1n) is 5.01. The molecule has 0 aromatic heterocycles. The lowest BCUT2D eigenvalue weighted by Gasteiger charge is -2.06. The summed E-state index contributed by atoms with van der Waals surface area (Å²) in [7, 11) is 0. The largest absolute Gasteiger partial charge is 0.328 e. The van der Waals surface area contributed by atoms with Gasteiger partial charge in [-0.15, -0.1) is 0 Å². The van der Waals surface area contributed by atoms with E-state index in [-0.39, 0.29) is 17.6 Å². The molecule has 1 atom stereocenters. The van der Waals surface area contributed by atoms with Gasteiger partial charge < -0.3 is 5.73 Å². The molecular weight excluding hydrogens is 193 g/mol. The highest BCUT2D eigenvalue weighted by molar-refractivity contribution is 5.81. The Labute approximate surface area is 89.3 Å². The van der Waals surface area contributed by atoms with Crippen LogP contribution in [0.15, 0.2) is 18.2 Å². The van der Waals surface area contributed by atoms with Gasteiger partial charge in [0.2, 0.25) is 0 Å². The second kappa shape index (κ2) is 5.03. The van der Waals surface area contributed by atoms with Crippen molar-refractivity contribution in [2.45, 2.75) is 32.7 Å². The van der Waals surface area contributed by atoms with Crippen LogP contribution in [0.5, 0.6) is 0 Å². The Morgan fingerprint density at radius 1 is 1.53 bits per heavy atom. The predicted octanol–water partition coefficient (Wildman–Crippen LogP) is 1.98. The van der Waals surface area contributed by atoms with Gasteiger partial charge in [0.25, 0.3) is 0 Å². The molecule has 1 aromatic rings. The minimum Gasteiger partial charge on any atom is -0.328 e. The van der Waals surface area contributed by atoms with E-state index >= 15 is 0 Å². The van der Waals surface area contributed by atoms with Crippen molar-refractivity contribution in [3.63, 3.8) is 0 Å². The molecule has 1 unspecified atom stereocenters.